The van der Waals surface area contributed by atoms with Crippen molar-refractivity contribution in [2.45, 2.75) is 19.5 Å². The zero-order valence-electron chi connectivity index (χ0n) is 14.0. The van der Waals surface area contributed by atoms with E-state index in [-0.39, 0.29) is 0 Å². The van der Waals surface area contributed by atoms with Gasteiger partial charge in [-0.1, -0.05) is 49.4 Å². The third kappa shape index (κ3) is 3.22. The fraction of sp³-hybridized carbons (Fsp3) is 0.150. The lowest BCUT2D eigenvalue weighted by Crippen LogP contribution is -2.13. The summed E-state index contributed by atoms with van der Waals surface area (Å²) in [5.41, 5.74) is 8.47. The highest BCUT2D eigenvalue weighted by atomic mass is 19.4. The Bertz CT molecular complexity index is 926. The highest BCUT2D eigenvalue weighted by Gasteiger charge is 2.30. The summed E-state index contributed by atoms with van der Waals surface area (Å²) in [5.74, 6) is -0.574. The lowest BCUT2D eigenvalue weighted by atomic mass is 9.99. The van der Waals surface area contributed by atoms with Crippen LogP contribution < -0.4 is 5.73 Å². The molecule has 26 heavy (non-hydrogen) atoms. The summed E-state index contributed by atoms with van der Waals surface area (Å²) in [7, 11) is 0. The van der Waals surface area contributed by atoms with E-state index in [4.69, 9.17) is 5.73 Å². The van der Waals surface area contributed by atoms with Gasteiger partial charge in [0, 0.05) is 5.69 Å². The van der Waals surface area contributed by atoms with E-state index in [2.05, 4.69) is 4.98 Å². The van der Waals surface area contributed by atoms with E-state index in [1.54, 1.807) is 0 Å². The van der Waals surface area contributed by atoms with E-state index < -0.39 is 17.6 Å². The van der Waals surface area contributed by atoms with Crippen LogP contribution in [0.4, 0.5) is 13.2 Å². The van der Waals surface area contributed by atoms with Gasteiger partial charge in [-0.25, -0.2) is 0 Å². The topological polar surface area (TPSA) is 58.9 Å². The number of rotatable bonds is 4. The smallest absolute Gasteiger partial charge is 0.366 e. The molecular formula is C20H17F3N2O. The predicted molar refractivity (Wildman–Crippen MR) is 94.6 cm³/mol. The van der Waals surface area contributed by atoms with Crippen LogP contribution in [-0.4, -0.2) is 10.9 Å². The van der Waals surface area contributed by atoms with Gasteiger partial charge < -0.3 is 10.7 Å². The molecule has 2 aromatic carbocycles. The molecule has 134 valence electrons. The fourth-order valence-electron chi connectivity index (χ4n) is 3.06. The van der Waals surface area contributed by atoms with Crippen molar-refractivity contribution >= 4 is 5.91 Å². The number of nitrogens with one attached hydrogen (secondary N) is 1. The van der Waals surface area contributed by atoms with Crippen LogP contribution in [0, 0.1) is 0 Å². The summed E-state index contributed by atoms with van der Waals surface area (Å²) in [6.07, 6.45) is -3.88. The van der Waals surface area contributed by atoms with Crippen molar-refractivity contribution < 1.29 is 18.0 Å². The maximum Gasteiger partial charge on any atom is 0.416 e. The first-order valence-electron chi connectivity index (χ1n) is 8.10. The number of carbonyl (C=O) groups excluding carboxylic acids is 1. The molecule has 3 rings (SSSR count). The van der Waals surface area contributed by atoms with E-state index in [0.29, 0.717) is 34.5 Å². The molecule has 0 fully saturated rings. The number of carbonyl (C=O) groups is 1. The lowest BCUT2D eigenvalue weighted by molar-refractivity contribution is -0.137. The number of alkyl halides is 3. The number of halogens is 3. The van der Waals surface area contributed by atoms with Crippen molar-refractivity contribution in [3.05, 3.63) is 71.3 Å². The maximum absolute atomic E-state index is 12.8. The molecule has 3 N–H and O–H groups in total. The summed E-state index contributed by atoms with van der Waals surface area (Å²) in [6, 6.07) is 14.1. The van der Waals surface area contributed by atoms with Crippen molar-refractivity contribution in [3.63, 3.8) is 0 Å². The molecule has 0 bridgehead atoms. The Labute approximate surface area is 148 Å². The van der Waals surface area contributed by atoms with Crippen LogP contribution in [0.2, 0.25) is 0 Å². The zero-order chi connectivity index (χ0) is 18.9. The molecule has 1 amide bonds. The van der Waals surface area contributed by atoms with Crippen LogP contribution in [0.1, 0.15) is 28.4 Å². The molecule has 0 aliphatic heterocycles. The average Bonchev–Trinajstić information content (AvgIpc) is 3.01. The van der Waals surface area contributed by atoms with Crippen molar-refractivity contribution in [3.8, 4) is 22.5 Å². The molecule has 0 saturated carbocycles. The first kappa shape index (κ1) is 17.8. The highest BCUT2D eigenvalue weighted by Crippen LogP contribution is 2.36. The number of aromatic amines is 1. The minimum atomic E-state index is -4.39. The standard InChI is InChI=1S/C20H17F3N2O/c1-2-15-16(19(24)26)18(12-6-4-3-5-7-12)25-17(15)13-8-10-14(11-9-13)20(21,22)23/h3-11,25H,2H2,1H3,(H2,24,26). The van der Waals surface area contributed by atoms with E-state index in [1.807, 2.05) is 37.3 Å². The summed E-state index contributed by atoms with van der Waals surface area (Å²) < 4.78 is 38.4. The Morgan fingerprint density at radius 1 is 0.962 bits per heavy atom. The molecule has 0 radical (unpaired) electrons. The number of benzene rings is 2. The number of hydrogen-bond acceptors (Lipinski definition) is 1. The fourth-order valence-corrected chi connectivity index (χ4v) is 3.06. The van der Waals surface area contributed by atoms with Gasteiger partial charge in [-0.05, 0) is 35.2 Å². The molecule has 0 saturated heterocycles. The lowest BCUT2D eigenvalue weighted by Gasteiger charge is -2.08. The number of aromatic nitrogens is 1. The van der Waals surface area contributed by atoms with Gasteiger partial charge in [-0.15, -0.1) is 0 Å². The second-order valence-electron chi connectivity index (χ2n) is 5.89. The number of hydrogen-bond donors (Lipinski definition) is 2. The summed E-state index contributed by atoms with van der Waals surface area (Å²) in [4.78, 5) is 15.2. The third-order valence-corrected chi connectivity index (χ3v) is 4.27. The molecule has 1 heterocycles. The van der Waals surface area contributed by atoms with E-state index in [9.17, 15) is 18.0 Å². The van der Waals surface area contributed by atoms with Crippen molar-refractivity contribution in [2.75, 3.05) is 0 Å². The first-order valence-corrected chi connectivity index (χ1v) is 8.10. The number of nitrogens with two attached hydrogens (primary N) is 1. The molecular weight excluding hydrogens is 341 g/mol. The Kier molecular flexibility index (Phi) is 4.59. The van der Waals surface area contributed by atoms with Gasteiger partial charge in [-0.3, -0.25) is 4.79 Å². The minimum absolute atomic E-state index is 0.369. The highest BCUT2D eigenvalue weighted by molar-refractivity contribution is 6.03. The SMILES string of the molecule is CCc1c(-c2ccc(C(F)(F)F)cc2)[nH]c(-c2ccccc2)c1C(N)=O. The predicted octanol–water partition coefficient (Wildman–Crippen LogP) is 5.03. The summed E-state index contributed by atoms with van der Waals surface area (Å²) in [5, 5.41) is 0. The van der Waals surface area contributed by atoms with Crippen molar-refractivity contribution in [1.82, 2.24) is 4.98 Å². The van der Waals surface area contributed by atoms with Gasteiger partial charge in [0.05, 0.1) is 16.8 Å². The molecule has 0 atom stereocenters. The quantitative estimate of drug-likeness (QED) is 0.675. The van der Waals surface area contributed by atoms with Gasteiger partial charge in [0.25, 0.3) is 5.91 Å². The van der Waals surface area contributed by atoms with Gasteiger partial charge >= 0.3 is 6.18 Å². The van der Waals surface area contributed by atoms with Crippen LogP contribution in [0.25, 0.3) is 22.5 Å². The van der Waals surface area contributed by atoms with Gasteiger partial charge in [0.1, 0.15) is 0 Å². The van der Waals surface area contributed by atoms with Crippen LogP contribution in [-0.2, 0) is 12.6 Å². The Morgan fingerprint density at radius 2 is 1.54 bits per heavy atom. The zero-order valence-corrected chi connectivity index (χ0v) is 14.0. The van der Waals surface area contributed by atoms with Crippen molar-refractivity contribution in [2.24, 2.45) is 5.73 Å². The van der Waals surface area contributed by atoms with E-state index in [0.717, 1.165) is 17.7 Å². The van der Waals surface area contributed by atoms with Crippen LogP contribution in [0.5, 0.6) is 0 Å². The molecule has 1 aromatic heterocycles. The molecule has 0 aliphatic carbocycles. The third-order valence-electron chi connectivity index (χ3n) is 4.27. The number of primary amides is 1. The Morgan fingerprint density at radius 3 is 2.04 bits per heavy atom. The Hall–Kier alpha value is -3.02. The second-order valence-corrected chi connectivity index (χ2v) is 5.89. The molecule has 3 nitrogen and oxygen atoms in total. The molecule has 0 unspecified atom stereocenters. The van der Waals surface area contributed by atoms with E-state index in [1.165, 1.54) is 12.1 Å². The summed E-state index contributed by atoms with van der Waals surface area (Å²) in [6.45, 7) is 1.87. The number of amides is 1. The normalized spacial score (nSPS) is 11.5. The minimum Gasteiger partial charge on any atom is -0.366 e. The maximum atomic E-state index is 12.8. The van der Waals surface area contributed by atoms with Crippen LogP contribution >= 0.6 is 0 Å². The molecule has 6 heteroatoms. The Balaban J connectivity index is 2.18. The number of H-pyrrole nitrogens is 1. The van der Waals surface area contributed by atoms with Gasteiger partial charge in [0.15, 0.2) is 0 Å². The second kappa shape index (κ2) is 6.71. The van der Waals surface area contributed by atoms with Crippen LogP contribution in [0.15, 0.2) is 54.6 Å². The molecule has 0 aliphatic rings. The van der Waals surface area contributed by atoms with Gasteiger partial charge in [-0.2, -0.15) is 13.2 Å². The van der Waals surface area contributed by atoms with Crippen molar-refractivity contribution in [1.29, 1.82) is 0 Å². The largest absolute Gasteiger partial charge is 0.416 e. The van der Waals surface area contributed by atoms with E-state index >= 15 is 0 Å². The molecule has 3 aromatic rings. The monoisotopic (exact) mass is 358 g/mol. The summed E-state index contributed by atoms with van der Waals surface area (Å²) >= 11 is 0. The first-order chi connectivity index (χ1) is 12.3. The van der Waals surface area contributed by atoms with Crippen LogP contribution in [0.3, 0.4) is 0 Å². The molecule has 0 spiro atoms. The van der Waals surface area contributed by atoms with Gasteiger partial charge in [0.2, 0.25) is 0 Å². The average molecular weight is 358 g/mol.